The van der Waals surface area contributed by atoms with E-state index < -0.39 is 6.09 Å². The van der Waals surface area contributed by atoms with Crippen molar-refractivity contribution in [3.63, 3.8) is 0 Å². The summed E-state index contributed by atoms with van der Waals surface area (Å²) >= 11 is 0. The van der Waals surface area contributed by atoms with E-state index in [4.69, 9.17) is 10.5 Å². The standard InChI is InChI=1S/C19H39NO2/c1-3-4-5-6-7-8-9-10-11-12-13-14-15-16-17-18(2)22-19(20)21/h18H,3-17H2,1-2H3,(H2,20,21). The summed E-state index contributed by atoms with van der Waals surface area (Å²) < 4.78 is 4.90. The highest BCUT2D eigenvalue weighted by atomic mass is 16.6. The van der Waals surface area contributed by atoms with Crippen molar-refractivity contribution in [2.45, 2.75) is 116 Å². The van der Waals surface area contributed by atoms with E-state index in [9.17, 15) is 4.79 Å². The molecule has 0 heterocycles. The number of nitrogens with two attached hydrogens (primary N) is 1. The molecule has 0 saturated heterocycles. The van der Waals surface area contributed by atoms with Gasteiger partial charge in [0.1, 0.15) is 6.10 Å². The Kier molecular flexibility index (Phi) is 16.1. The first-order chi connectivity index (χ1) is 10.7. The minimum atomic E-state index is -0.655. The van der Waals surface area contributed by atoms with E-state index in [0.717, 1.165) is 12.8 Å². The molecule has 3 heteroatoms. The van der Waals surface area contributed by atoms with Crippen molar-refractivity contribution in [2.24, 2.45) is 5.73 Å². The lowest BCUT2D eigenvalue weighted by atomic mass is 10.0. The maximum absolute atomic E-state index is 10.6. The molecule has 0 aliphatic carbocycles. The Morgan fingerprint density at radius 3 is 1.50 bits per heavy atom. The Hall–Kier alpha value is -0.730. The number of hydrogen-bond donors (Lipinski definition) is 1. The van der Waals surface area contributed by atoms with Crippen LogP contribution in [-0.4, -0.2) is 12.2 Å². The van der Waals surface area contributed by atoms with Crippen LogP contribution in [0.5, 0.6) is 0 Å². The van der Waals surface area contributed by atoms with Gasteiger partial charge in [-0.25, -0.2) is 4.79 Å². The summed E-state index contributed by atoms with van der Waals surface area (Å²) in [5.74, 6) is 0. The SMILES string of the molecule is CCCCCCCCCCCCCCCCC(C)OC(N)=O. The zero-order valence-electron chi connectivity index (χ0n) is 15.1. The molecule has 0 aromatic heterocycles. The highest BCUT2D eigenvalue weighted by Crippen LogP contribution is 2.14. The highest BCUT2D eigenvalue weighted by molar-refractivity contribution is 5.64. The second-order valence-corrected chi connectivity index (χ2v) is 6.63. The summed E-state index contributed by atoms with van der Waals surface area (Å²) in [5, 5.41) is 0. The summed E-state index contributed by atoms with van der Waals surface area (Å²) in [6.07, 6.45) is 19.4. The van der Waals surface area contributed by atoms with Gasteiger partial charge in [0.25, 0.3) is 0 Å². The molecular formula is C19H39NO2. The molecule has 0 radical (unpaired) electrons. The zero-order valence-corrected chi connectivity index (χ0v) is 15.1. The van der Waals surface area contributed by atoms with Gasteiger partial charge in [-0.05, 0) is 19.8 Å². The van der Waals surface area contributed by atoms with Crippen LogP contribution in [0.15, 0.2) is 0 Å². The maximum atomic E-state index is 10.6. The average molecular weight is 314 g/mol. The van der Waals surface area contributed by atoms with E-state index in [0.29, 0.717) is 0 Å². The van der Waals surface area contributed by atoms with Gasteiger partial charge in [-0.1, -0.05) is 90.4 Å². The second kappa shape index (κ2) is 16.6. The molecule has 0 fully saturated rings. The van der Waals surface area contributed by atoms with E-state index >= 15 is 0 Å². The van der Waals surface area contributed by atoms with E-state index in [-0.39, 0.29) is 6.10 Å². The van der Waals surface area contributed by atoms with Gasteiger partial charge >= 0.3 is 6.09 Å². The first-order valence-corrected chi connectivity index (χ1v) is 9.63. The fourth-order valence-electron chi connectivity index (χ4n) is 2.88. The monoisotopic (exact) mass is 313 g/mol. The summed E-state index contributed by atoms with van der Waals surface area (Å²) in [7, 11) is 0. The van der Waals surface area contributed by atoms with Crippen molar-refractivity contribution in [2.75, 3.05) is 0 Å². The molecule has 0 aliphatic rings. The molecule has 0 aromatic carbocycles. The number of carbonyl (C=O) groups is 1. The molecule has 3 nitrogen and oxygen atoms in total. The summed E-state index contributed by atoms with van der Waals surface area (Å²) in [6.45, 7) is 4.18. The number of ether oxygens (including phenoxy) is 1. The lowest BCUT2D eigenvalue weighted by molar-refractivity contribution is 0.110. The molecule has 0 rings (SSSR count). The molecule has 0 aliphatic heterocycles. The fraction of sp³-hybridized carbons (Fsp3) is 0.947. The number of rotatable bonds is 16. The lowest BCUT2D eigenvalue weighted by Crippen LogP contribution is -2.20. The minimum absolute atomic E-state index is 0.0326. The Balaban J connectivity index is 3.07. The molecule has 22 heavy (non-hydrogen) atoms. The van der Waals surface area contributed by atoms with Gasteiger partial charge in [-0.2, -0.15) is 0 Å². The van der Waals surface area contributed by atoms with Gasteiger partial charge in [0.2, 0.25) is 0 Å². The molecule has 0 spiro atoms. The van der Waals surface area contributed by atoms with Crippen LogP contribution in [0.2, 0.25) is 0 Å². The van der Waals surface area contributed by atoms with Gasteiger partial charge in [0.15, 0.2) is 0 Å². The molecule has 0 aromatic rings. The third-order valence-electron chi connectivity index (χ3n) is 4.28. The van der Waals surface area contributed by atoms with Crippen LogP contribution in [0.3, 0.4) is 0 Å². The third-order valence-corrected chi connectivity index (χ3v) is 4.28. The predicted molar refractivity (Wildman–Crippen MR) is 95.1 cm³/mol. The van der Waals surface area contributed by atoms with Gasteiger partial charge in [0.05, 0.1) is 0 Å². The van der Waals surface area contributed by atoms with E-state index in [1.165, 1.54) is 83.5 Å². The van der Waals surface area contributed by atoms with Gasteiger partial charge < -0.3 is 10.5 Å². The van der Waals surface area contributed by atoms with Crippen LogP contribution in [0, 0.1) is 0 Å². The van der Waals surface area contributed by atoms with Crippen molar-refractivity contribution >= 4 is 6.09 Å². The summed E-state index contributed by atoms with van der Waals surface area (Å²) in [6, 6.07) is 0. The van der Waals surface area contributed by atoms with Gasteiger partial charge in [0, 0.05) is 0 Å². The van der Waals surface area contributed by atoms with Crippen molar-refractivity contribution < 1.29 is 9.53 Å². The molecule has 1 unspecified atom stereocenters. The Labute approximate surface area is 138 Å². The first-order valence-electron chi connectivity index (χ1n) is 9.63. The second-order valence-electron chi connectivity index (χ2n) is 6.63. The fourth-order valence-corrected chi connectivity index (χ4v) is 2.88. The third kappa shape index (κ3) is 17.3. The molecule has 0 saturated carbocycles. The normalized spacial score (nSPS) is 12.3. The van der Waals surface area contributed by atoms with Crippen LogP contribution in [0.1, 0.15) is 110 Å². The molecular weight excluding hydrogens is 274 g/mol. The molecule has 2 N–H and O–H groups in total. The zero-order chi connectivity index (χ0) is 16.5. The van der Waals surface area contributed by atoms with Crippen molar-refractivity contribution in [3.05, 3.63) is 0 Å². The number of hydrogen-bond acceptors (Lipinski definition) is 2. The Morgan fingerprint density at radius 1 is 0.773 bits per heavy atom. The molecule has 132 valence electrons. The Bertz CT molecular complexity index is 244. The highest BCUT2D eigenvalue weighted by Gasteiger charge is 2.04. The molecule has 1 amide bonds. The van der Waals surface area contributed by atoms with Crippen molar-refractivity contribution in [1.82, 2.24) is 0 Å². The number of carbonyl (C=O) groups excluding carboxylic acids is 1. The molecule has 0 bridgehead atoms. The quantitative estimate of drug-likeness (QED) is 0.338. The largest absolute Gasteiger partial charge is 0.447 e. The minimum Gasteiger partial charge on any atom is -0.447 e. The number of primary amides is 1. The van der Waals surface area contributed by atoms with E-state index in [2.05, 4.69) is 6.92 Å². The van der Waals surface area contributed by atoms with E-state index in [1.807, 2.05) is 6.92 Å². The average Bonchev–Trinajstić information content (AvgIpc) is 2.47. The first kappa shape index (κ1) is 21.3. The van der Waals surface area contributed by atoms with Crippen LogP contribution >= 0.6 is 0 Å². The van der Waals surface area contributed by atoms with Crippen LogP contribution in [0.25, 0.3) is 0 Å². The summed E-state index contributed by atoms with van der Waals surface area (Å²) in [5.41, 5.74) is 4.98. The molecule has 1 atom stereocenters. The van der Waals surface area contributed by atoms with Crippen LogP contribution < -0.4 is 5.73 Å². The van der Waals surface area contributed by atoms with E-state index in [1.54, 1.807) is 0 Å². The summed E-state index contributed by atoms with van der Waals surface area (Å²) in [4.78, 5) is 10.6. The van der Waals surface area contributed by atoms with Crippen LogP contribution in [-0.2, 0) is 4.74 Å². The van der Waals surface area contributed by atoms with Crippen molar-refractivity contribution in [3.8, 4) is 0 Å². The maximum Gasteiger partial charge on any atom is 0.404 e. The number of unbranched alkanes of at least 4 members (excludes halogenated alkanes) is 13. The predicted octanol–water partition coefficient (Wildman–Crippen LogP) is 6.34. The van der Waals surface area contributed by atoms with Crippen molar-refractivity contribution in [1.29, 1.82) is 0 Å². The van der Waals surface area contributed by atoms with Crippen LogP contribution in [0.4, 0.5) is 4.79 Å². The topological polar surface area (TPSA) is 52.3 Å². The lowest BCUT2D eigenvalue weighted by Gasteiger charge is -2.10. The smallest absolute Gasteiger partial charge is 0.404 e. The van der Waals surface area contributed by atoms with Gasteiger partial charge in [-0.15, -0.1) is 0 Å². The number of amides is 1. The van der Waals surface area contributed by atoms with Gasteiger partial charge in [-0.3, -0.25) is 0 Å². The Morgan fingerprint density at radius 2 is 1.14 bits per heavy atom.